The number of nitrogens with zero attached hydrogens (tertiary/aromatic N) is 2. The van der Waals surface area contributed by atoms with Crippen LogP contribution in [0, 0.1) is 5.92 Å². The van der Waals surface area contributed by atoms with Crippen LogP contribution in [-0.4, -0.2) is 48.9 Å². The summed E-state index contributed by atoms with van der Waals surface area (Å²) in [6.07, 6.45) is 2.55. The number of sulfone groups is 1. The van der Waals surface area contributed by atoms with E-state index in [0.29, 0.717) is 30.0 Å². The number of hydrogen-bond donors (Lipinski definition) is 0. The standard InChI is InChI=1S/C30H30F2N2O5S/c1-38-23-6-2-19(3-7-23)18-39-30-17-33-22(16-34-30)15-29(35)26(12-20-13-27(31)28(32)14-20)21-4-8-24(9-5-21)40(36,37)25-10-11-25/h2-9,12,16-17,20,25,27-28H,10-11,13-15,18H2,1H3/b26-12+/t20?,27-,28+. The highest BCUT2D eigenvalue weighted by Crippen LogP contribution is 2.36. The second-order valence-electron chi connectivity index (χ2n) is 10.2. The number of ether oxygens (including phenoxy) is 2. The maximum Gasteiger partial charge on any atom is 0.232 e. The van der Waals surface area contributed by atoms with Crippen LogP contribution in [0.1, 0.15) is 42.5 Å². The molecule has 3 aromatic rings. The fraction of sp³-hybridized carbons (Fsp3) is 0.367. The van der Waals surface area contributed by atoms with Crippen molar-refractivity contribution in [1.82, 2.24) is 9.97 Å². The van der Waals surface area contributed by atoms with E-state index in [1.807, 2.05) is 24.3 Å². The lowest BCUT2D eigenvalue weighted by Crippen LogP contribution is -2.10. The first-order valence-electron chi connectivity index (χ1n) is 13.2. The second kappa shape index (κ2) is 11.8. The number of hydrogen-bond acceptors (Lipinski definition) is 7. The highest BCUT2D eigenvalue weighted by Gasteiger charge is 2.37. The molecule has 2 aliphatic rings. The number of ketones is 1. The summed E-state index contributed by atoms with van der Waals surface area (Å²) >= 11 is 0. The smallest absolute Gasteiger partial charge is 0.232 e. The molecule has 1 heterocycles. The first-order chi connectivity index (χ1) is 19.2. The van der Waals surface area contributed by atoms with Crippen LogP contribution >= 0.6 is 0 Å². The third-order valence-corrected chi connectivity index (χ3v) is 9.46. The number of Topliss-reactive ketones (excluding diaryl/α,β-unsaturated/α-hetero) is 1. The topological polar surface area (TPSA) is 95.5 Å². The molecule has 3 atom stereocenters. The van der Waals surface area contributed by atoms with Crippen molar-refractivity contribution in [3.8, 4) is 11.6 Å². The Labute approximate surface area is 232 Å². The van der Waals surface area contributed by atoms with Crippen molar-refractivity contribution in [1.29, 1.82) is 0 Å². The fourth-order valence-corrected chi connectivity index (χ4v) is 6.39. The number of allylic oxidation sites excluding steroid dienone is 2. The number of benzene rings is 2. The van der Waals surface area contributed by atoms with Gasteiger partial charge in [0.05, 0.1) is 41.8 Å². The van der Waals surface area contributed by atoms with Crippen LogP contribution in [0.5, 0.6) is 11.6 Å². The first kappa shape index (κ1) is 27.9. The molecular formula is C30H30F2N2O5S. The van der Waals surface area contributed by atoms with Crippen molar-refractivity contribution in [3.63, 3.8) is 0 Å². The molecule has 0 radical (unpaired) electrons. The first-order valence-corrected chi connectivity index (χ1v) is 14.7. The van der Waals surface area contributed by atoms with Crippen molar-refractivity contribution in [2.24, 2.45) is 5.92 Å². The van der Waals surface area contributed by atoms with Gasteiger partial charge < -0.3 is 9.47 Å². The Balaban J connectivity index is 1.30. The molecule has 1 unspecified atom stereocenters. The minimum absolute atomic E-state index is 0.00781. The summed E-state index contributed by atoms with van der Waals surface area (Å²) in [7, 11) is -1.79. The SMILES string of the molecule is COc1ccc(COc2cnc(CC(=O)/C(=C/C3C[C@@H](F)[C@@H](F)C3)c3ccc(S(=O)(=O)C4CC4)cc3)cn2)cc1. The summed E-state index contributed by atoms with van der Waals surface area (Å²) in [4.78, 5) is 22.2. The van der Waals surface area contributed by atoms with E-state index in [-0.39, 0.29) is 47.4 Å². The van der Waals surface area contributed by atoms with Crippen LogP contribution in [0.15, 0.2) is 71.9 Å². The van der Waals surface area contributed by atoms with Crippen molar-refractivity contribution in [2.45, 2.75) is 61.2 Å². The predicted molar refractivity (Wildman–Crippen MR) is 145 cm³/mol. The molecule has 0 spiro atoms. The Bertz CT molecular complexity index is 1460. The third kappa shape index (κ3) is 6.55. The number of carbonyl (C=O) groups excluding carboxylic acids is 1. The molecule has 210 valence electrons. The Morgan fingerprint density at radius 3 is 2.23 bits per heavy atom. The van der Waals surface area contributed by atoms with Gasteiger partial charge in [0.2, 0.25) is 5.88 Å². The van der Waals surface area contributed by atoms with E-state index in [1.54, 1.807) is 25.3 Å². The van der Waals surface area contributed by atoms with Crippen molar-refractivity contribution in [2.75, 3.05) is 7.11 Å². The maximum absolute atomic E-state index is 13.9. The number of aromatic nitrogens is 2. The number of carbonyl (C=O) groups is 1. The van der Waals surface area contributed by atoms with Gasteiger partial charge in [-0.3, -0.25) is 9.78 Å². The summed E-state index contributed by atoms with van der Waals surface area (Å²) in [5.41, 5.74) is 2.09. The lowest BCUT2D eigenvalue weighted by molar-refractivity contribution is -0.113. The van der Waals surface area contributed by atoms with E-state index in [4.69, 9.17) is 9.47 Å². The van der Waals surface area contributed by atoms with Gasteiger partial charge in [0.1, 0.15) is 24.7 Å². The highest BCUT2D eigenvalue weighted by atomic mass is 32.2. The Kier molecular flexibility index (Phi) is 8.25. The quantitative estimate of drug-likeness (QED) is 0.291. The molecule has 0 saturated heterocycles. The maximum atomic E-state index is 13.9. The summed E-state index contributed by atoms with van der Waals surface area (Å²) in [6, 6.07) is 13.6. The fourth-order valence-electron chi connectivity index (χ4n) is 4.73. The van der Waals surface area contributed by atoms with Crippen LogP contribution < -0.4 is 9.47 Å². The monoisotopic (exact) mass is 568 g/mol. The zero-order chi connectivity index (χ0) is 28.3. The molecule has 5 rings (SSSR count). The van der Waals surface area contributed by atoms with Gasteiger partial charge in [-0.25, -0.2) is 22.2 Å². The molecule has 10 heteroatoms. The van der Waals surface area contributed by atoms with Crippen LogP contribution in [0.2, 0.25) is 0 Å². The van der Waals surface area contributed by atoms with Crippen molar-refractivity contribution < 1.29 is 31.5 Å². The van der Waals surface area contributed by atoms with Gasteiger partial charge in [-0.2, -0.15) is 0 Å². The second-order valence-corrected chi connectivity index (χ2v) is 12.4. The summed E-state index contributed by atoms with van der Waals surface area (Å²) < 4.78 is 63.8. The third-order valence-electron chi connectivity index (χ3n) is 7.18. The van der Waals surface area contributed by atoms with Crippen LogP contribution in [0.3, 0.4) is 0 Å². The van der Waals surface area contributed by atoms with E-state index in [2.05, 4.69) is 9.97 Å². The summed E-state index contributed by atoms with van der Waals surface area (Å²) in [5, 5.41) is -0.349. The molecule has 0 aliphatic heterocycles. The molecule has 1 aromatic heterocycles. The average molecular weight is 569 g/mol. The molecule has 40 heavy (non-hydrogen) atoms. The van der Waals surface area contributed by atoms with Crippen LogP contribution in [0.4, 0.5) is 8.78 Å². The number of halogens is 2. The Hall–Kier alpha value is -3.66. The molecular weight excluding hydrogens is 538 g/mol. The lowest BCUT2D eigenvalue weighted by atomic mass is 9.94. The minimum atomic E-state index is -3.38. The van der Waals surface area contributed by atoms with Crippen LogP contribution in [-0.2, 0) is 27.7 Å². The lowest BCUT2D eigenvalue weighted by Gasteiger charge is -2.12. The minimum Gasteiger partial charge on any atom is -0.497 e. The molecule has 2 fully saturated rings. The average Bonchev–Trinajstić information content (AvgIpc) is 3.77. The van der Waals surface area contributed by atoms with Gasteiger partial charge in [-0.05, 0) is 67.0 Å². The van der Waals surface area contributed by atoms with Crippen molar-refractivity contribution in [3.05, 3.63) is 83.8 Å². The Morgan fingerprint density at radius 1 is 0.975 bits per heavy atom. The van der Waals surface area contributed by atoms with E-state index in [0.717, 1.165) is 11.3 Å². The van der Waals surface area contributed by atoms with Gasteiger partial charge in [-0.1, -0.05) is 30.3 Å². The van der Waals surface area contributed by atoms with Crippen LogP contribution in [0.25, 0.3) is 5.57 Å². The highest BCUT2D eigenvalue weighted by molar-refractivity contribution is 7.92. The zero-order valence-electron chi connectivity index (χ0n) is 22.0. The summed E-state index contributed by atoms with van der Waals surface area (Å²) in [6.45, 7) is 0.281. The number of rotatable bonds is 11. The van der Waals surface area contributed by atoms with E-state index in [9.17, 15) is 22.0 Å². The molecule has 2 saturated carbocycles. The Morgan fingerprint density at radius 2 is 1.65 bits per heavy atom. The molecule has 0 amide bonds. The molecule has 2 aliphatic carbocycles. The van der Waals surface area contributed by atoms with Gasteiger partial charge in [0.15, 0.2) is 15.6 Å². The van der Waals surface area contributed by atoms with E-state index < -0.39 is 28.1 Å². The van der Waals surface area contributed by atoms with Gasteiger partial charge >= 0.3 is 0 Å². The molecule has 0 bridgehead atoms. The van der Waals surface area contributed by atoms with E-state index in [1.165, 1.54) is 24.5 Å². The normalized spacial score (nSPS) is 21.3. The van der Waals surface area contributed by atoms with Crippen molar-refractivity contribution >= 4 is 21.2 Å². The van der Waals surface area contributed by atoms with Gasteiger partial charge in [0, 0.05) is 5.57 Å². The molecule has 2 aromatic carbocycles. The molecule has 0 N–H and O–H groups in total. The summed E-state index contributed by atoms with van der Waals surface area (Å²) in [5.74, 6) is 0.284. The van der Waals surface area contributed by atoms with E-state index >= 15 is 0 Å². The van der Waals surface area contributed by atoms with Gasteiger partial charge in [-0.15, -0.1) is 0 Å². The molecule has 7 nitrogen and oxygen atoms in total. The number of alkyl halides is 2. The zero-order valence-corrected chi connectivity index (χ0v) is 22.8. The van der Waals surface area contributed by atoms with Gasteiger partial charge in [0.25, 0.3) is 0 Å². The number of methoxy groups -OCH3 is 1. The predicted octanol–water partition coefficient (Wildman–Crippen LogP) is 5.28. The largest absolute Gasteiger partial charge is 0.497 e.